The van der Waals surface area contributed by atoms with Gasteiger partial charge < -0.3 is 4.74 Å². The molecule has 0 saturated carbocycles. The maximum Gasteiger partial charge on any atom is 0.416 e. The van der Waals surface area contributed by atoms with Crippen molar-refractivity contribution >= 4 is 17.7 Å². The van der Waals surface area contributed by atoms with E-state index in [1.165, 1.54) is 18.7 Å². The van der Waals surface area contributed by atoms with Crippen LogP contribution in [0.1, 0.15) is 21.5 Å². The van der Waals surface area contributed by atoms with Gasteiger partial charge in [-0.05, 0) is 23.8 Å². The zero-order chi connectivity index (χ0) is 18.1. The Morgan fingerprint density at radius 1 is 1.33 bits per heavy atom. The van der Waals surface area contributed by atoms with Crippen LogP contribution in [0, 0.1) is 0 Å². The van der Waals surface area contributed by atoms with Gasteiger partial charge in [0, 0.05) is 19.8 Å². The summed E-state index contributed by atoms with van der Waals surface area (Å²) in [7, 11) is 4.13. The molecule has 1 heterocycles. The molecule has 6 nitrogen and oxygen atoms in total. The van der Waals surface area contributed by atoms with Crippen molar-refractivity contribution in [3.8, 4) is 0 Å². The van der Waals surface area contributed by atoms with Crippen LogP contribution in [-0.4, -0.2) is 27.4 Å². The second-order valence-corrected chi connectivity index (χ2v) is 5.84. The van der Waals surface area contributed by atoms with Gasteiger partial charge in [-0.15, -0.1) is 5.10 Å². The van der Waals surface area contributed by atoms with Gasteiger partial charge in [-0.3, -0.25) is 4.57 Å². The lowest BCUT2D eigenvalue weighted by molar-refractivity contribution is -0.137. The number of carbonyl (C=O) groups is 1. The molecule has 0 fully saturated rings. The highest BCUT2D eigenvalue weighted by atomic mass is 32.2. The van der Waals surface area contributed by atoms with Crippen LogP contribution in [0.2, 0.25) is 0 Å². The standard InChI is InChI=1S/C14H14F3N3O3S/c1-19-12(18-20(2)13(19)22)24-7-8-6-9(14(15,16)17)4-5-10(8)11(21)23-3/h4-6H,7H2,1-3H3. The normalized spacial score (nSPS) is 11.6. The number of thioether (sulfide) groups is 1. The number of rotatable bonds is 4. The first-order valence-electron chi connectivity index (χ1n) is 6.66. The lowest BCUT2D eigenvalue weighted by Gasteiger charge is -2.12. The van der Waals surface area contributed by atoms with Crippen LogP contribution in [0.15, 0.2) is 28.2 Å². The Balaban J connectivity index is 2.37. The number of alkyl halides is 3. The van der Waals surface area contributed by atoms with Gasteiger partial charge in [0.25, 0.3) is 0 Å². The van der Waals surface area contributed by atoms with Crippen molar-refractivity contribution < 1.29 is 22.7 Å². The summed E-state index contributed by atoms with van der Waals surface area (Å²) in [5.74, 6) is -0.701. The highest BCUT2D eigenvalue weighted by molar-refractivity contribution is 7.98. The highest BCUT2D eigenvalue weighted by Gasteiger charge is 2.31. The topological polar surface area (TPSA) is 66.1 Å². The molecule has 0 aliphatic heterocycles. The molecule has 1 aromatic carbocycles. The molecule has 0 atom stereocenters. The number of methoxy groups -OCH3 is 1. The van der Waals surface area contributed by atoms with Crippen molar-refractivity contribution in [3.63, 3.8) is 0 Å². The zero-order valence-corrected chi connectivity index (χ0v) is 13.9. The van der Waals surface area contributed by atoms with Gasteiger partial charge in [0.2, 0.25) is 0 Å². The molecule has 0 radical (unpaired) electrons. The molecule has 1 aromatic heterocycles. The smallest absolute Gasteiger partial charge is 0.416 e. The Morgan fingerprint density at radius 2 is 2.00 bits per heavy atom. The number of esters is 1. The summed E-state index contributed by atoms with van der Waals surface area (Å²) in [5, 5.41) is 4.31. The summed E-state index contributed by atoms with van der Waals surface area (Å²) in [5.41, 5.74) is -1.02. The number of hydrogen-bond acceptors (Lipinski definition) is 5. The lowest BCUT2D eigenvalue weighted by Crippen LogP contribution is -2.20. The van der Waals surface area contributed by atoms with Gasteiger partial charge in [-0.25, -0.2) is 14.3 Å². The van der Waals surface area contributed by atoms with E-state index in [0.29, 0.717) is 5.16 Å². The third kappa shape index (κ3) is 3.64. The maximum atomic E-state index is 12.9. The second-order valence-electron chi connectivity index (χ2n) is 4.90. The Morgan fingerprint density at radius 3 is 2.50 bits per heavy atom. The molecule has 0 spiro atoms. The summed E-state index contributed by atoms with van der Waals surface area (Å²) in [4.78, 5) is 23.4. The van der Waals surface area contributed by atoms with Crippen molar-refractivity contribution in [1.29, 1.82) is 0 Å². The minimum Gasteiger partial charge on any atom is -0.465 e. The van der Waals surface area contributed by atoms with E-state index < -0.39 is 17.7 Å². The molecule has 130 valence electrons. The third-order valence-electron chi connectivity index (χ3n) is 3.28. The van der Waals surface area contributed by atoms with Crippen molar-refractivity contribution in [2.24, 2.45) is 14.1 Å². The third-order valence-corrected chi connectivity index (χ3v) is 4.35. The molecule has 0 amide bonds. The highest BCUT2D eigenvalue weighted by Crippen LogP contribution is 2.32. The number of halogens is 3. The van der Waals surface area contributed by atoms with E-state index in [1.54, 1.807) is 0 Å². The average molecular weight is 361 g/mol. The average Bonchev–Trinajstić information content (AvgIpc) is 2.78. The first-order valence-corrected chi connectivity index (χ1v) is 7.65. The number of nitrogens with zero attached hydrogens (tertiary/aromatic N) is 3. The Hall–Kier alpha value is -2.23. The molecule has 0 bridgehead atoms. The number of carbonyl (C=O) groups excluding carboxylic acids is 1. The van der Waals surface area contributed by atoms with Gasteiger partial charge in [0.05, 0.1) is 18.2 Å². The predicted octanol–water partition coefficient (Wildman–Crippen LogP) is 2.22. The van der Waals surface area contributed by atoms with Crippen molar-refractivity contribution in [3.05, 3.63) is 45.4 Å². The van der Waals surface area contributed by atoms with Gasteiger partial charge in [-0.1, -0.05) is 11.8 Å². The molecule has 24 heavy (non-hydrogen) atoms. The SMILES string of the molecule is COC(=O)c1ccc(C(F)(F)F)cc1CSc1nn(C)c(=O)n1C. The number of benzene rings is 1. The molecule has 0 N–H and O–H groups in total. The fourth-order valence-corrected chi connectivity index (χ4v) is 2.98. The van der Waals surface area contributed by atoms with E-state index >= 15 is 0 Å². The zero-order valence-electron chi connectivity index (χ0n) is 13.0. The first-order chi connectivity index (χ1) is 11.1. The predicted molar refractivity (Wildman–Crippen MR) is 80.8 cm³/mol. The summed E-state index contributed by atoms with van der Waals surface area (Å²) < 4.78 is 45.6. The minimum absolute atomic E-state index is 0.0264. The fourth-order valence-electron chi connectivity index (χ4n) is 2.00. The fraction of sp³-hybridized carbons (Fsp3) is 0.357. The number of hydrogen-bond donors (Lipinski definition) is 0. The first kappa shape index (κ1) is 18.1. The molecular formula is C14H14F3N3O3S. The molecule has 2 aromatic rings. The number of aryl methyl sites for hydroxylation is 1. The molecular weight excluding hydrogens is 347 g/mol. The maximum absolute atomic E-state index is 12.9. The van der Waals surface area contributed by atoms with Crippen molar-refractivity contribution in [2.75, 3.05) is 7.11 Å². The van der Waals surface area contributed by atoms with Gasteiger partial charge >= 0.3 is 17.8 Å². The van der Waals surface area contributed by atoms with Crippen LogP contribution in [0.3, 0.4) is 0 Å². The van der Waals surface area contributed by atoms with Gasteiger partial charge in [0.15, 0.2) is 5.16 Å². The summed E-state index contributed by atoms with van der Waals surface area (Å²) in [6.45, 7) is 0. The van der Waals surface area contributed by atoms with Gasteiger partial charge in [0.1, 0.15) is 0 Å². The van der Waals surface area contributed by atoms with Crippen LogP contribution < -0.4 is 5.69 Å². The van der Waals surface area contributed by atoms with E-state index in [2.05, 4.69) is 9.84 Å². The van der Waals surface area contributed by atoms with E-state index in [1.807, 2.05) is 0 Å². The Bertz CT molecular complexity index is 827. The Labute approximate surface area is 139 Å². The van der Waals surface area contributed by atoms with Crippen LogP contribution >= 0.6 is 11.8 Å². The monoisotopic (exact) mass is 361 g/mol. The lowest BCUT2D eigenvalue weighted by atomic mass is 10.0. The minimum atomic E-state index is -4.52. The van der Waals surface area contributed by atoms with Gasteiger partial charge in [-0.2, -0.15) is 13.2 Å². The largest absolute Gasteiger partial charge is 0.465 e. The Kier molecular flexibility index (Phi) is 5.07. The molecule has 0 unspecified atom stereocenters. The van der Waals surface area contributed by atoms with Crippen molar-refractivity contribution in [1.82, 2.24) is 14.3 Å². The number of ether oxygens (including phenoxy) is 1. The van der Waals surface area contributed by atoms with E-state index in [-0.39, 0.29) is 22.6 Å². The van der Waals surface area contributed by atoms with Crippen LogP contribution in [0.5, 0.6) is 0 Å². The summed E-state index contributed by atoms with van der Waals surface area (Å²) >= 11 is 1.05. The molecule has 10 heteroatoms. The van der Waals surface area contributed by atoms with Crippen molar-refractivity contribution in [2.45, 2.75) is 17.1 Å². The van der Waals surface area contributed by atoms with Crippen LogP contribution in [-0.2, 0) is 30.8 Å². The molecule has 2 rings (SSSR count). The summed E-state index contributed by atoms with van der Waals surface area (Å²) in [6, 6.07) is 2.82. The second kappa shape index (κ2) is 6.71. The van der Waals surface area contributed by atoms with Crippen LogP contribution in [0.25, 0.3) is 0 Å². The summed E-state index contributed by atoms with van der Waals surface area (Å²) in [6.07, 6.45) is -4.52. The quantitative estimate of drug-likeness (QED) is 0.617. The molecule has 0 aliphatic rings. The van der Waals surface area contributed by atoms with E-state index in [9.17, 15) is 22.8 Å². The number of aromatic nitrogens is 3. The van der Waals surface area contributed by atoms with E-state index in [0.717, 1.165) is 41.8 Å². The van der Waals surface area contributed by atoms with E-state index in [4.69, 9.17) is 0 Å². The molecule has 0 saturated heterocycles. The molecule has 0 aliphatic carbocycles. The van der Waals surface area contributed by atoms with Crippen LogP contribution in [0.4, 0.5) is 13.2 Å².